The summed E-state index contributed by atoms with van der Waals surface area (Å²) in [5, 5.41) is 8.46. The van der Waals surface area contributed by atoms with Crippen LogP contribution in [0.15, 0.2) is 18.6 Å². The van der Waals surface area contributed by atoms with Gasteiger partial charge in [-0.15, -0.1) is 11.3 Å². The van der Waals surface area contributed by atoms with E-state index in [1.807, 2.05) is 32.6 Å². The summed E-state index contributed by atoms with van der Waals surface area (Å²) in [4.78, 5) is 5.43. The highest BCUT2D eigenvalue weighted by atomic mass is 32.1. The molecule has 0 atom stereocenters. The second kappa shape index (κ2) is 3.79. The third-order valence-electron chi connectivity index (χ3n) is 1.84. The molecule has 74 valence electrons. The molecule has 2 aromatic heterocycles. The van der Waals surface area contributed by atoms with Gasteiger partial charge < -0.3 is 5.32 Å². The van der Waals surface area contributed by atoms with Crippen molar-refractivity contribution in [1.29, 1.82) is 0 Å². The summed E-state index contributed by atoms with van der Waals surface area (Å²) in [5.41, 5.74) is 1.04. The topological polar surface area (TPSA) is 42.7 Å². The molecule has 5 heteroatoms. The Morgan fingerprint density at radius 3 is 2.93 bits per heavy atom. The van der Waals surface area contributed by atoms with Gasteiger partial charge in [-0.25, -0.2) is 4.98 Å². The van der Waals surface area contributed by atoms with E-state index in [9.17, 15) is 0 Å². The van der Waals surface area contributed by atoms with Crippen LogP contribution >= 0.6 is 11.3 Å². The van der Waals surface area contributed by atoms with Gasteiger partial charge in [0, 0.05) is 24.3 Å². The quantitative estimate of drug-likeness (QED) is 0.836. The zero-order chi connectivity index (χ0) is 9.97. The van der Waals surface area contributed by atoms with Crippen molar-refractivity contribution in [1.82, 2.24) is 14.8 Å². The molecule has 0 aliphatic heterocycles. The highest BCUT2D eigenvalue weighted by Crippen LogP contribution is 2.13. The van der Waals surface area contributed by atoms with Crippen LogP contribution < -0.4 is 5.32 Å². The number of aromatic nitrogens is 3. The van der Waals surface area contributed by atoms with E-state index in [4.69, 9.17) is 0 Å². The van der Waals surface area contributed by atoms with Crippen LogP contribution in [0.25, 0.3) is 0 Å². The predicted molar refractivity (Wildman–Crippen MR) is 57.4 cm³/mol. The van der Waals surface area contributed by atoms with Crippen molar-refractivity contribution in [2.24, 2.45) is 7.05 Å². The maximum Gasteiger partial charge on any atom is 0.0897 e. The minimum absolute atomic E-state index is 0.817. The maximum atomic E-state index is 4.19. The standard InChI is InChI=1S/C9H12N4S/c1-7-10-4-9(14-7)5-11-8-3-12-13(2)6-8/h3-4,6,11H,5H2,1-2H3. The second-order valence-electron chi connectivity index (χ2n) is 3.10. The average Bonchev–Trinajstić information content (AvgIpc) is 2.72. The van der Waals surface area contributed by atoms with Gasteiger partial charge in [-0.1, -0.05) is 0 Å². The molecule has 0 aromatic carbocycles. The van der Waals surface area contributed by atoms with Crippen LogP contribution in [0, 0.1) is 6.92 Å². The molecule has 0 spiro atoms. The number of rotatable bonds is 3. The fourth-order valence-corrected chi connectivity index (χ4v) is 1.92. The lowest BCUT2D eigenvalue weighted by molar-refractivity contribution is 0.768. The summed E-state index contributed by atoms with van der Waals surface area (Å²) in [6.07, 6.45) is 5.67. The molecule has 0 saturated carbocycles. The lowest BCUT2D eigenvalue weighted by atomic mass is 10.5. The van der Waals surface area contributed by atoms with Crippen LogP contribution in [0.1, 0.15) is 9.88 Å². The summed E-state index contributed by atoms with van der Waals surface area (Å²) in [7, 11) is 1.90. The Kier molecular flexibility index (Phi) is 2.49. The molecule has 2 rings (SSSR count). The maximum absolute atomic E-state index is 4.19. The zero-order valence-electron chi connectivity index (χ0n) is 8.19. The van der Waals surface area contributed by atoms with Crippen molar-refractivity contribution < 1.29 is 0 Å². The molecular formula is C9H12N4S. The first-order valence-electron chi connectivity index (χ1n) is 4.38. The van der Waals surface area contributed by atoms with E-state index in [-0.39, 0.29) is 0 Å². The predicted octanol–water partition coefficient (Wildman–Crippen LogP) is 1.80. The van der Waals surface area contributed by atoms with Gasteiger partial charge in [0.25, 0.3) is 0 Å². The molecule has 0 aliphatic rings. The molecule has 2 heterocycles. The van der Waals surface area contributed by atoms with Crippen LogP contribution in [0.3, 0.4) is 0 Å². The number of nitrogens with zero attached hydrogens (tertiary/aromatic N) is 3. The lowest BCUT2D eigenvalue weighted by Crippen LogP contribution is -1.95. The average molecular weight is 208 g/mol. The van der Waals surface area contributed by atoms with Crippen LogP contribution in [-0.2, 0) is 13.6 Å². The van der Waals surface area contributed by atoms with E-state index >= 15 is 0 Å². The minimum atomic E-state index is 0.817. The summed E-state index contributed by atoms with van der Waals surface area (Å²) < 4.78 is 1.78. The lowest BCUT2D eigenvalue weighted by Gasteiger charge is -1.98. The molecular weight excluding hydrogens is 196 g/mol. The Hall–Kier alpha value is -1.36. The molecule has 2 aromatic rings. The van der Waals surface area contributed by atoms with Gasteiger partial charge in [0.15, 0.2) is 0 Å². The minimum Gasteiger partial charge on any atom is -0.378 e. The van der Waals surface area contributed by atoms with Crippen molar-refractivity contribution in [3.8, 4) is 0 Å². The number of aryl methyl sites for hydroxylation is 2. The van der Waals surface area contributed by atoms with Gasteiger partial charge >= 0.3 is 0 Å². The summed E-state index contributed by atoms with van der Waals surface area (Å²) in [5.74, 6) is 0. The Labute approximate surface area is 86.6 Å². The zero-order valence-corrected chi connectivity index (χ0v) is 9.01. The molecule has 14 heavy (non-hydrogen) atoms. The van der Waals surface area contributed by atoms with Crippen molar-refractivity contribution in [2.45, 2.75) is 13.5 Å². The van der Waals surface area contributed by atoms with E-state index in [0.29, 0.717) is 0 Å². The van der Waals surface area contributed by atoms with E-state index in [1.165, 1.54) is 4.88 Å². The van der Waals surface area contributed by atoms with Gasteiger partial charge in [0.05, 0.1) is 23.4 Å². The summed E-state index contributed by atoms with van der Waals surface area (Å²) in [6.45, 7) is 2.83. The molecule has 0 radical (unpaired) electrons. The van der Waals surface area contributed by atoms with Crippen molar-refractivity contribution in [3.05, 3.63) is 28.5 Å². The van der Waals surface area contributed by atoms with Gasteiger partial charge in [-0.3, -0.25) is 4.68 Å². The SMILES string of the molecule is Cc1ncc(CNc2cnn(C)c2)s1. The van der Waals surface area contributed by atoms with E-state index in [0.717, 1.165) is 17.2 Å². The highest BCUT2D eigenvalue weighted by molar-refractivity contribution is 7.11. The monoisotopic (exact) mass is 208 g/mol. The van der Waals surface area contributed by atoms with Crippen molar-refractivity contribution in [3.63, 3.8) is 0 Å². The van der Waals surface area contributed by atoms with E-state index in [1.54, 1.807) is 16.0 Å². The highest BCUT2D eigenvalue weighted by Gasteiger charge is 1.99. The van der Waals surface area contributed by atoms with Crippen LogP contribution in [-0.4, -0.2) is 14.8 Å². The molecule has 0 amide bonds. The van der Waals surface area contributed by atoms with E-state index < -0.39 is 0 Å². The van der Waals surface area contributed by atoms with Gasteiger partial charge in [-0.05, 0) is 6.92 Å². The molecule has 0 bridgehead atoms. The third-order valence-corrected chi connectivity index (χ3v) is 2.75. The molecule has 0 aliphatic carbocycles. The normalized spacial score (nSPS) is 10.4. The number of thiazole rings is 1. The van der Waals surface area contributed by atoms with Crippen molar-refractivity contribution >= 4 is 17.0 Å². The molecule has 0 unspecified atom stereocenters. The van der Waals surface area contributed by atoms with Gasteiger partial charge in [-0.2, -0.15) is 5.10 Å². The number of anilines is 1. The number of hydrogen-bond acceptors (Lipinski definition) is 4. The largest absolute Gasteiger partial charge is 0.378 e. The van der Waals surface area contributed by atoms with Crippen LogP contribution in [0.4, 0.5) is 5.69 Å². The van der Waals surface area contributed by atoms with Crippen LogP contribution in [0.2, 0.25) is 0 Å². The molecule has 0 saturated heterocycles. The fourth-order valence-electron chi connectivity index (χ4n) is 1.19. The number of hydrogen-bond donors (Lipinski definition) is 1. The fraction of sp³-hybridized carbons (Fsp3) is 0.333. The Morgan fingerprint density at radius 2 is 2.36 bits per heavy atom. The second-order valence-corrected chi connectivity index (χ2v) is 4.42. The third kappa shape index (κ3) is 2.11. The summed E-state index contributed by atoms with van der Waals surface area (Å²) >= 11 is 1.71. The Bertz CT molecular complexity index is 378. The van der Waals surface area contributed by atoms with E-state index in [2.05, 4.69) is 15.4 Å². The molecule has 4 nitrogen and oxygen atoms in total. The molecule has 0 fully saturated rings. The first-order chi connectivity index (χ1) is 6.74. The smallest absolute Gasteiger partial charge is 0.0897 e. The van der Waals surface area contributed by atoms with Crippen LogP contribution in [0.5, 0.6) is 0 Å². The molecule has 1 N–H and O–H groups in total. The van der Waals surface area contributed by atoms with Gasteiger partial charge in [0.2, 0.25) is 0 Å². The Balaban J connectivity index is 1.94. The first-order valence-corrected chi connectivity index (χ1v) is 5.19. The first kappa shape index (κ1) is 9.21. The van der Waals surface area contributed by atoms with Gasteiger partial charge in [0.1, 0.15) is 0 Å². The number of nitrogens with one attached hydrogen (secondary N) is 1. The Morgan fingerprint density at radius 1 is 1.50 bits per heavy atom. The summed E-state index contributed by atoms with van der Waals surface area (Å²) in [6, 6.07) is 0. The van der Waals surface area contributed by atoms with Crippen molar-refractivity contribution in [2.75, 3.05) is 5.32 Å².